The van der Waals surface area contributed by atoms with Crippen LogP contribution < -0.4 is 10.6 Å². The van der Waals surface area contributed by atoms with Crippen LogP contribution in [0.2, 0.25) is 0 Å². The van der Waals surface area contributed by atoms with Crippen LogP contribution in [0.5, 0.6) is 0 Å². The van der Waals surface area contributed by atoms with E-state index < -0.39 is 5.97 Å². The molecule has 6 heteroatoms. The fraction of sp³-hybridized carbons (Fsp3) is 0.867. The van der Waals surface area contributed by atoms with E-state index >= 15 is 0 Å². The Morgan fingerprint density at radius 2 is 1.81 bits per heavy atom. The van der Waals surface area contributed by atoms with Gasteiger partial charge in [-0.3, -0.25) is 4.79 Å². The lowest BCUT2D eigenvalue weighted by molar-refractivity contribution is -0.134. The molecule has 0 aromatic carbocycles. The molecule has 0 bridgehead atoms. The van der Waals surface area contributed by atoms with Crippen molar-refractivity contribution in [3.05, 3.63) is 0 Å². The maximum absolute atomic E-state index is 12.1. The zero-order valence-electron chi connectivity index (χ0n) is 12.8. The van der Waals surface area contributed by atoms with E-state index in [1.807, 2.05) is 0 Å². The fourth-order valence-electron chi connectivity index (χ4n) is 3.63. The van der Waals surface area contributed by atoms with Gasteiger partial charge >= 0.3 is 6.03 Å². The lowest BCUT2D eigenvalue weighted by Gasteiger charge is -2.45. The lowest BCUT2D eigenvalue weighted by Crippen LogP contribution is -2.61. The van der Waals surface area contributed by atoms with Gasteiger partial charge in [-0.2, -0.15) is 0 Å². The van der Waals surface area contributed by atoms with Crippen LogP contribution in [0.3, 0.4) is 0 Å². The number of amides is 2. The van der Waals surface area contributed by atoms with Gasteiger partial charge in [0.2, 0.25) is 0 Å². The predicted molar refractivity (Wildman–Crippen MR) is 80.2 cm³/mol. The zero-order valence-corrected chi connectivity index (χ0v) is 12.8. The van der Waals surface area contributed by atoms with Crippen molar-refractivity contribution in [2.24, 2.45) is 5.92 Å². The molecule has 3 rings (SSSR count). The minimum absolute atomic E-state index is 0.194. The first kappa shape index (κ1) is 16.1. The third kappa shape index (κ3) is 4.59. The summed E-state index contributed by atoms with van der Waals surface area (Å²) >= 11 is 0. The maximum atomic E-state index is 12.1. The molecule has 0 radical (unpaired) electrons. The molecule has 2 amide bonds. The number of rotatable bonds is 1. The van der Waals surface area contributed by atoms with Gasteiger partial charge in [0, 0.05) is 25.6 Å². The van der Waals surface area contributed by atoms with E-state index in [2.05, 4.69) is 15.5 Å². The summed E-state index contributed by atoms with van der Waals surface area (Å²) in [6, 6.07) is 1.13. The molecule has 1 aliphatic carbocycles. The van der Waals surface area contributed by atoms with Gasteiger partial charge in [0.1, 0.15) is 0 Å². The number of nitrogens with zero attached hydrogens (tertiary/aromatic N) is 1. The highest BCUT2D eigenvalue weighted by Crippen LogP contribution is 2.30. The summed E-state index contributed by atoms with van der Waals surface area (Å²) in [7, 11) is 0. The Morgan fingerprint density at radius 1 is 1.19 bits per heavy atom. The topological polar surface area (TPSA) is 81.7 Å². The van der Waals surface area contributed by atoms with Crippen LogP contribution in [0.15, 0.2) is 0 Å². The second-order valence-electron chi connectivity index (χ2n) is 6.25. The molecule has 2 atom stereocenters. The van der Waals surface area contributed by atoms with E-state index in [-0.39, 0.29) is 6.03 Å². The standard InChI is InChI=1S/C13H23N3O.C2H4O2/c17-13-15-12-4-2-1-3-10(12)9-16(13)11-5-7-14-8-6-11;1-2(3)4/h10-12,14H,1-9H2,(H,15,17);1H3,(H,3,4). The maximum Gasteiger partial charge on any atom is 0.317 e. The molecule has 0 aromatic heterocycles. The Balaban J connectivity index is 0.000000361. The summed E-state index contributed by atoms with van der Waals surface area (Å²) < 4.78 is 0. The Bertz CT molecular complexity index is 365. The number of nitrogens with one attached hydrogen (secondary N) is 2. The Hall–Kier alpha value is -1.30. The van der Waals surface area contributed by atoms with E-state index in [0.717, 1.165) is 39.4 Å². The third-order valence-electron chi connectivity index (χ3n) is 4.66. The number of hydrogen-bond donors (Lipinski definition) is 3. The van der Waals surface area contributed by atoms with Crippen LogP contribution in [-0.4, -0.2) is 53.7 Å². The van der Waals surface area contributed by atoms with Crippen LogP contribution in [0, 0.1) is 5.92 Å². The molecule has 2 unspecified atom stereocenters. The number of urea groups is 1. The van der Waals surface area contributed by atoms with Gasteiger partial charge in [0.15, 0.2) is 0 Å². The van der Waals surface area contributed by atoms with Crippen molar-refractivity contribution in [1.82, 2.24) is 15.5 Å². The molecule has 0 spiro atoms. The van der Waals surface area contributed by atoms with Crippen LogP contribution in [0.4, 0.5) is 4.79 Å². The van der Waals surface area contributed by atoms with Gasteiger partial charge in [-0.25, -0.2) is 4.79 Å². The first-order valence-electron chi connectivity index (χ1n) is 8.05. The largest absolute Gasteiger partial charge is 0.481 e. The Morgan fingerprint density at radius 3 is 2.48 bits per heavy atom. The first-order chi connectivity index (χ1) is 10.1. The molecule has 120 valence electrons. The van der Waals surface area contributed by atoms with E-state index in [4.69, 9.17) is 9.90 Å². The van der Waals surface area contributed by atoms with Gasteiger partial charge in [-0.1, -0.05) is 12.8 Å². The predicted octanol–water partition coefficient (Wildman–Crippen LogP) is 1.41. The molecular weight excluding hydrogens is 270 g/mol. The minimum Gasteiger partial charge on any atom is -0.481 e. The monoisotopic (exact) mass is 297 g/mol. The van der Waals surface area contributed by atoms with Gasteiger partial charge in [-0.15, -0.1) is 0 Å². The van der Waals surface area contributed by atoms with Crippen molar-refractivity contribution in [2.75, 3.05) is 19.6 Å². The Kier molecular flexibility index (Phi) is 5.85. The van der Waals surface area contributed by atoms with E-state index in [1.54, 1.807) is 0 Å². The first-order valence-corrected chi connectivity index (χ1v) is 8.05. The van der Waals surface area contributed by atoms with Crippen LogP contribution in [0.25, 0.3) is 0 Å². The minimum atomic E-state index is -0.833. The highest BCUT2D eigenvalue weighted by Gasteiger charge is 2.37. The quantitative estimate of drug-likeness (QED) is 0.683. The number of fused-ring (bicyclic) bond motifs is 1. The van der Waals surface area contributed by atoms with Crippen LogP contribution >= 0.6 is 0 Å². The number of hydrogen-bond acceptors (Lipinski definition) is 3. The molecule has 1 saturated carbocycles. The molecule has 3 fully saturated rings. The smallest absolute Gasteiger partial charge is 0.317 e. The highest BCUT2D eigenvalue weighted by molar-refractivity contribution is 5.76. The van der Waals surface area contributed by atoms with E-state index in [1.165, 1.54) is 25.7 Å². The summed E-state index contributed by atoms with van der Waals surface area (Å²) in [5.74, 6) is -0.128. The van der Waals surface area contributed by atoms with Crippen molar-refractivity contribution in [3.8, 4) is 0 Å². The SMILES string of the molecule is CC(=O)O.O=C1NC2CCCCC2CN1C1CCNCC1. The van der Waals surface area contributed by atoms with Crippen molar-refractivity contribution in [1.29, 1.82) is 0 Å². The van der Waals surface area contributed by atoms with Gasteiger partial charge in [-0.05, 0) is 44.7 Å². The van der Waals surface area contributed by atoms with Crippen LogP contribution in [0.1, 0.15) is 45.4 Å². The number of piperidine rings is 1. The van der Waals surface area contributed by atoms with E-state index in [0.29, 0.717) is 18.0 Å². The van der Waals surface area contributed by atoms with Gasteiger partial charge < -0.3 is 20.6 Å². The normalized spacial score (nSPS) is 29.8. The van der Waals surface area contributed by atoms with Crippen molar-refractivity contribution in [2.45, 2.75) is 57.5 Å². The number of aliphatic carboxylic acids is 1. The summed E-state index contributed by atoms with van der Waals surface area (Å²) in [6.45, 7) is 4.20. The molecule has 21 heavy (non-hydrogen) atoms. The van der Waals surface area contributed by atoms with E-state index in [9.17, 15) is 4.79 Å². The second-order valence-corrected chi connectivity index (χ2v) is 6.25. The van der Waals surface area contributed by atoms with Crippen molar-refractivity contribution in [3.63, 3.8) is 0 Å². The molecule has 0 aromatic rings. The van der Waals surface area contributed by atoms with Crippen LogP contribution in [-0.2, 0) is 4.79 Å². The molecule has 2 heterocycles. The summed E-state index contributed by atoms with van der Waals surface area (Å²) in [5, 5.41) is 14.0. The van der Waals surface area contributed by atoms with Crippen molar-refractivity contribution >= 4 is 12.0 Å². The fourth-order valence-corrected chi connectivity index (χ4v) is 3.63. The zero-order chi connectivity index (χ0) is 15.2. The molecule has 3 aliphatic rings. The number of carbonyl (C=O) groups excluding carboxylic acids is 1. The average molecular weight is 297 g/mol. The number of carboxylic acid groups (broad SMARTS) is 1. The molecule has 2 saturated heterocycles. The van der Waals surface area contributed by atoms with Crippen molar-refractivity contribution < 1.29 is 14.7 Å². The highest BCUT2D eigenvalue weighted by atomic mass is 16.4. The van der Waals surface area contributed by atoms with Gasteiger partial charge in [0.05, 0.1) is 0 Å². The lowest BCUT2D eigenvalue weighted by atomic mass is 9.82. The Labute approximate surface area is 126 Å². The van der Waals surface area contributed by atoms with Gasteiger partial charge in [0.25, 0.3) is 5.97 Å². The molecule has 3 N–H and O–H groups in total. The average Bonchev–Trinajstić information content (AvgIpc) is 2.47. The number of carbonyl (C=O) groups is 2. The molecule has 2 aliphatic heterocycles. The molecular formula is C15H27N3O3. The number of carboxylic acids is 1. The third-order valence-corrected chi connectivity index (χ3v) is 4.66. The summed E-state index contributed by atoms with van der Waals surface area (Å²) in [5.41, 5.74) is 0. The second kappa shape index (κ2) is 7.64. The summed E-state index contributed by atoms with van der Waals surface area (Å²) in [4.78, 5) is 23.3. The molecule has 6 nitrogen and oxygen atoms in total. The summed E-state index contributed by atoms with van der Waals surface area (Å²) in [6.07, 6.45) is 7.35.